The average molecular weight is 220 g/mol. The Kier molecular flexibility index (Phi) is 3.00. The Balaban J connectivity index is 2.41. The first-order chi connectivity index (χ1) is 7.45. The summed E-state index contributed by atoms with van der Waals surface area (Å²) in [6.45, 7) is 10.8. The molecule has 0 aromatic carbocycles. The molecule has 2 aliphatic carbocycles. The quantitative estimate of drug-likeness (QED) is 0.617. The van der Waals surface area contributed by atoms with Crippen molar-refractivity contribution in [3.63, 3.8) is 0 Å². The zero-order valence-electron chi connectivity index (χ0n) is 10.8. The third-order valence-electron chi connectivity index (χ3n) is 4.86. The van der Waals surface area contributed by atoms with E-state index in [2.05, 4.69) is 33.4 Å². The molecule has 0 radical (unpaired) electrons. The van der Waals surface area contributed by atoms with Gasteiger partial charge in [0, 0.05) is 5.92 Å². The molecule has 0 aromatic heterocycles. The van der Waals surface area contributed by atoms with E-state index in [1.54, 1.807) is 0 Å². The molecule has 0 aliphatic heterocycles. The molecule has 0 saturated heterocycles. The minimum atomic E-state index is -0.615. The van der Waals surface area contributed by atoms with Gasteiger partial charge in [0.2, 0.25) is 0 Å². The molecule has 4 atom stereocenters. The molecule has 1 N–H and O–H groups in total. The van der Waals surface area contributed by atoms with Crippen LogP contribution in [0, 0.1) is 17.8 Å². The Morgan fingerprint density at radius 3 is 2.69 bits per heavy atom. The first-order valence-corrected chi connectivity index (χ1v) is 6.54. The number of rotatable bonds is 0. The van der Waals surface area contributed by atoms with Gasteiger partial charge >= 0.3 is 0 Å². The number of hydrogen-bond donors (Lipinski definition) is 1. The Labute approximate surface area is 99.3 Å². The molecule has 90 valence electrons. The second-order valence-corrected chi connectivity index (χ2v) is 5.90. The molecule has 1 fully saturated rings. The molecule has 0 heterocycles. The van der Waals surface area contributed by atoms with Crippen LogP contribution in [-0.4, -0.2) is 10.7 Å². The van der Waals surface area contributed by atoms with Crippen molar-refractivity contribution in [3.8, 4) is 0 Å². The normalized spacial score (nSPS) is 44.6. The van der Waals surface area contributed by atoms with Gasteiger partial charge in [-0.3, -0.25) is 0 Å². The second-order valence-electron chi connectivity index (χ2n) is 5.90. The van der Waals surface area contributed by atoms with Gasteiger partial charge in [0.25, 0.3) is 0 Å². The van der Waals surface area contributed by atoms with Crippen LogP contribution in [0.2, 0.25) is 0 Å². The summed E-state index contributed by atoms with van der Waals surface area (Å²) < 4.78 is 0. The molecule has 4 unspecified atom stereocenters. The fourth-order valence-corrected chi connectivity index (χ4v) is 3.31. The van der Waals surface area contributed by atoms with E-state index < -0.39 is 5.60 Å². The third kappa shape index (κ3) is 1.75. The second kappa shape index (κ2) is 4.03. The van der Waals surface area contributed by atoms with Crippen LogP contribution in [0.15, 0.2) is 23.8 Å². The minimum absolute atomic E-state index is 0.296. The molecule has 1 saturated carbocycles. The largest absolute Gasteiger partial charge is 0.385 e. The van der Waals surface area contributed by atoms with Gasteiger partial charge in [-0.2, -0.15) is 0 Å². The summed E-state index contributed by atoms with van der Waals surface area (Å²) in [5, 5.41) is 10.9. The van der Waals surface area contributed by atoms with Crippen LogP contribution in [0.1, 0.15) is 46.5 Å². The van der Waals surface area contributed by atoms with E-state index in [0.29, 0.717) is 17.8 Å². The summed E-state index contributed by atoms with van der Waals surface area (Å²) in [5.74, 6) is 1.24. The average Bonchev–Trinajstić information content (AvgIpc) is 2.50. The predicted molar refractivity (Wildman–Crippen MR) is 68.1 cm³/mol. The van der Waals surface area contributed by atoms with Crippen molar-refractivity contribution in [3.05, 3.63) is 23.8 Å². The fourth-order valence-electron chi connectivity index (χ4n) is 3.31. The van der Waals surface area contributed by atoms with Crippen LogP contribution in [0.4, 0.5) is 0 Å². The summed E-state index contributed by atoms with van der Waals surface area (Å²) in [5.41, 5.74) is 2.01. The first kappa shape index (κ1) is 11.9. The van der Waals surface area contributed by atoms with E-state index in [0.717, 1.165) is 19.3 Å². The highest BCUT2D eigenvalue weighted by atomic mass is 16.3. The van der Waals surface area contributed by atoms with Crippen molar-refractivity contribution >= 4 is 0 Å². The van der Waals surface area contributed by atoms with Crippen molar-refractivity contribution in [1.82, 2.24) is 0 Å². The zero-order chi connectivity index (χ0) is 11.9. The van der Waals surface area contributed by atoms with Crippen LogP contribution in [0.5, 0.6) is 0 Å². The maximum Gasteiger partial charge on any atom is 0.0920 e. The summed E-state index contributed by atoms with van der Waals surface area (Å²) in [6, 6.07) is 0. The van der Waals surface area contributed by atoms with E-state index >= 15 is 0 Å². The van der Waals surface area contributed by atoms with Crippen molar-refractivity contribution < 1.29 is 5.11 Å². The number of allylic oxidation sites excluding steroid dienone is 1. The summed E-state index contributed by atoms with van der Waals surface area (Å²) in [6.07, 6.45) is 6.63. The van der Waals surface area contributed by atoms with Gasteiger partial charge in [-0.1, -0.05) is 37.6 Å². The van der Waals surface area contributed by atoms with Crippen LogP contribution < -0.4 is 0 Å². The molecule has 16 heavy (non-hydrogen) atoms. The monoisotopic (exact) mass is 220 g/mol. The molecule has 0 spiro atoms. The Morgan fingerprint density at radius 1 is 1.31 bits per heavy atom. The molecule has 1 heteroatoms. The Bertz CT molecular complexity index is 328. The van der Waals surface area contributed by atoms with Gasteiger partial charge in [-0.15, -0.1) is 0 Å². The molecule has 1 nitrogen and oxygen atoms in total. The van der Waals surface area contributed by atoms with Gasteiger partial charge in [0.05, 0.1) is 5.60 Å². The molecule has 2 rings (SSSR count). The maximum absolute atomic E-state index is 10.9. The van der Waals surface area contributed by atoms with Crippen molar-refractivity contribution in [2.24, 2.45) is 17.8 Å². The molecular weight excluding hydrogens is 196 g/mol. The van der Waals surface area contributed by atoms with E-state index in [-0.39, 0.29) is 0 Å². The van der Waals surface area contributed by atoms with E-state index in [1.165, 1.54) is 17.6 Å². The van der Waals surface area contributed by atoms with Gasteiger partial charge < -0.3 is 5.11 Å². The molecule has 0 aromatic rings. The maximum atomic E-state index is 10.9. The minimum Gasteiger partial charge on any atom is -0.385 e. The van der Waals surface area contributed by atoms with Crippen molar-refractivity contribution in [2.45, 2.75) is 52.1 Å². The summed E-state index contributed by atoms with van der Waals surface area (Å²) in [7, 11) is 0. The lowest BCUT2D eigenvalue weighted by atomic mass is 9.74. The van der Waals surface area contributed by atoms with Crippen LogP contribution in [-0.2, 0) is 0 Å². The predicted octanol–water partition coefficient (Wildman–Crippen LogP) is 3.70. The molecular formula is C15H24O. The lowest BCUT2D eigenvalue weighted by Crippen LogP contribution is -2.38. The first-order valence-electron chi connectivity index (χ1n) is 6.54. The molecule has 0 amide bonds. The SMILES string of the molecule is C=C1CCC(C)C(C)=CC2(O)C(C)CCC12. The number of aliphatic hydroxyl groups is 1. The summed E-state index contributed by atoms with van der Waals surface area (Å²) >= 11 is 0. The zero-order valence-corrected chi connectivity index (χ0v) is 10.8. The van der Waals surface area contributed by atoms with Crippen LogP contribution in [0.3, 0.4) is 0 Å². The molecule has 2 aliphatic rings. The standard InChI is InChI=1S/C15H24O/c1-10-5-6-11(2)14-8-7-13(4)15(14,16)9-12(10)3/h9-10,13-14,16H,2,5-8H2,1,3-4H3. The third-order valence-corrected chi connectivity index (χ3v) is 4.86. The van der Waals surface area contributed by atoms with Gasteiger partial charge in [0.1, 0.15) is 0 Å². The van der Waals surface area contributed by atoms with E-state index in [1.807, 2.05) is 0 Å². The lowest BCUT2D eigenvalue weighted by Gasteiger charge is -2.36. The number of fused-ring (bicyclic) bond motifs is 1. The van der Waals surface area contributed by atoms with Gasteiger partial charge in [0.15, 0.2) is 0 Å². The Morgan fingerprint density at radius 2 is 2.00 bits per heavy atom. The highest BCUT2D eigenvalue weighted by Gasteiger charge is 2.46. The van der Waals surface area contributed by atoms with Crippen molar-refractivity contribution in [2.75, 3.05) is 0 Å². The van der Waals surface area contributed by atoms with E-state index in [9.17, 15) is 5.11 Å². The van der Waals surface area contributed by atoms with Crippen LogP contribution >= 0.6 is 0 Å². The number of hydrogen-bond acceptors (Lipinski definition) is 1. The fraction of sp³-hybridized carbons (Fsp3) is 0.733. The Hall–Kier alpha value is -0.560. The molecule has 0 bridgehead atoms. The van der Waals surface area contributed by atoms with Crippen molar-refractivity contribution in [1.29, 1.82) is 0 Å². The van der Waals surface area contributed by atoms with E-state index in [4.69, 9.17) is 0 Å². The van der Waals surface area contributed by atoms with Gasteiger partial charge in [-0.25, -0.2) is 0 Å². The topological polar surface area (TPSA) is 20.2 Å². The highest BCUT2D eigenvalue weighted by molar-refractivity contribution is 5.25. The smallest absolute Gasteiger partial charge is 0.0920 e. The lowest BCUT2D eigenvalue weighted by molar-refractivity contribution is 0.0251. The highest BCUT2D eigenvalue weighted by Crippen LogP contribution is 2.48. The summed E-state index contributed by atoms with van der Waals surface area (Å²) in [4.78, 5) is 0. The van der Waals surface area contributed by atoms with Gasteiger partial charge in [-0.05, 0) is 44.4 Å². The van der Waals surface area contributed by atoms with Crippen LogP contribution in [0.25, 0.3) is 0 Å².